The summed E-state index contributed by atoms with van der Waals surface area (Å²) >= 11 is 0. The van der Waals surface area contributed by atoms with Crippen molar-refractivity contribution in [3.05, 3.63) is 188 Å². The van der Waals surface area contributed by atoms with Crippen LogP contribution in [0.5, 0.6) is 0 Å². The van der Waals surface area contributed by atoms with Crippen LogP contribution < -0.4 is 4.90 Å². The second-order valence-corrected chi connectivity index (χ2v) is 11.3. The van der Waals surface area contributed by atoms with Crippen molar-refractivity contribution in [3.8, 4) is 33.6 Å². The van der Waals surface area contributed by atoms with Crippen molar-refractivity contribution >= 4 is 60.8 Å². The standard InChI is InChI=1S/C48H31N3O/c1-4-14-32(15-5-1)47-48(50-43-22-12-11-21-42(43)49-47)41-30-36(31-45-46(41)40-20-10-13-23-44(40)52-45)34-24-25-35-29-39(27-26-33(35)28-34)51(37-16-6-2-7-17-37)38-18-8-3-9-19-38/h1-31H/i2D,3D,6D,7D,8D,9D,10D,13D,16D,17D,18D,19D,20D,23D,24D,25D,26D,27D,28D,29D,30D,31D. The van der Waals surface area contributed by atoms with Gasteiger partial charge in [-0.3, -0.25) is 0 Å². The lowest BCUT2D eigenvalue weighted by molar-refractivity contribution is 0.669. The number of aromatic nitrogens is 2. The zero-order valence-electron chi connectivity index (χ0n) is 48.4. The lowest BCUT2D eigenvalue weighted by atomic mass is 9.93. The van der Waals surface area contributed by atoms with Crippen LogP contribution in [0.25, 0.3) is 77.4 Å². The Bertz CT molecular complexity index is 4060. The van der Waals surface area contributed by atoms with Crippen molar-refractivity contribution in [2.45, 2.75) is 0 Å². The molecule has 2 aromatic heterocycles. The van der Waals surface area contributed by atoms with Gasteiger partial charge in [0.2, 0.25) is 0 Å². The number of benzene rings is 8. The van der Waals surface area contributed by atoms with Crippen molar-refractivity contribution in [2.75, 3.05) is 4.90 Å². The molecule has 10 aromatic rings. The summed E-state index contributed by atoms with van der Waals surface area (Å²) in [6.07, 6.45) is 0. The minimum Gasteiger partial charge on any atom is -0.456 e. The number of furan rings is 1. The number of rotatable bonds is 6. The Balaban J connectivity index is 1.37. The second-order valence-electron chi connectivity index (χ2n) is 11.3. The smallest absolute Gasteiger partial charge is 0.136 e. The molecule has 52 heavy (non-hydrogen) atoms. The highest BCUT2D eigenvalue weighted by Crippen LogP contribution is 2.43. The molecule has 244 valence electrons. The number of fused-ring (bicyclic) bond motifs is 5. The zero-order chi connectivity index (χ0) is 53.6. The summed E-state index contributed by atoms with van der Waals surface area (Å²) in [7, 11) is 0. The van der Waals surface area contributed by atoms with E-state index >= 15 is 0 Å². The fourth-order valence-corrected chi connectivity index (χ4v) is 5.90. The molecule has 0 saturated heterocycles. The highest BCUT2D eigenvalue weighted by molar-refractivity contribution is 6.14. The maximum atomic E-state index is 10.1. The van der Waals surface area contributed by atoms with E-state index in [1.54, 1.807) is 54.6 Å². The molecule has 4 heteroatoms. The molecule has 0 unspecified atom stereocenters. The predicted molar refractivity (Wildman–Crippen MR) is 215 cm³/mol. The molecule has 0 N–H and O–H groups in total. The highest BCUT2D eigenvalue weighted by Gasteiger charge is 2.21. The monoisotopic (exact) mass is 687 g/mol. The first kappa shape index (κ1) is 15.1. The van der Waals surface area contributed by atoms with Gasteiger partial charge in [0.25, 0.3) is 0 Å². The SMILES string of the molecule is [2H]c1c([2H])c([2H])c(N(c2c([2H])c([2H])c([2H])c([2H])c2[2H])c2c([2H])c([2H])c3c([2H])c(-c4c([2H])c(-c5nc6ccccc6nc5-c5ccccc5)c5c(oc6c([2H])c([2H])c([2H])c([2H])c65)c4[2H])c([2H])c([2H])c3c2[2H])c([2H])c1[2H]. The van der Waals surface area contributed by atoms with Crippen LogP contribution in [-0.2, 0) is 0 Å². The van der Waals surface area contributed by atoms with Crippen LogP contribution in [0.2, 0.25) is 0 Å². The van der Waals surface area contributed by atoms with Crippen LogP contribution in [-0.4, -0.2) is 9.97 Å². The van der Waals surface area contributed by atoms with Gasteiger partial charge in [0.15, 0.2) is 0 Å². The van der Waals surface area contributed by atoms with E-state index in [1.165, 1.54) is 0 Å². The number of nitrogens with zero attached hydrogens (tertiary/aromatic N) is 3. The Kier molecular flexibility index (Phi) is 3.58. The van der Waals surface area contributed by atoms with Crippen molar-refractivity contribution in [3.63, 3.8) is 0 Å². The molecule has 2 heterocycles. The van der Waals surface area contributed by atoms with Crippen LogP contribution in [0.15, 0.2) is 192 Å². The van der Waals surface area contributed by atoms with Crippen molar-refractivity contribution in [2.24, 2.45) is 0 Å². The first-order valence-corrected chi connectivity index (χ1v) is 15.7. The molecule has 0 aliphatic carbocycles. The van der Waals surface area contributed by atoms with Crippen LogP contribution in [0.1, 0.15) is 30.2 Å². The molecule has 0 amide bonds. The number of hydrogen-bond acceptors (Lipinski definition) is 4. The lowest BCUT2D eigenvalue weighted by Gasteiger charge is -2.25. The van der Waals surface area contributed by atoms with Gasteiger partial charge in [-0.15, -0.1) is 0 Å². The van der Waals surface area contributed by atoms with Crippen molar-refractivity contribution < 1.29 is 34.6 Å². The third-order valence-electron chi connectivity index (χ3n) is 8.18. The van der Waals surface area contributed by atoms with Gasteiger partial charge < -0.3 is 9.32 Å². The third-order valence-corrected chi connectivity index (χ3v) is 8.18. The lowest BCUT2D eigenvalue weighted by Crippen LogP contribution is -2.09. The Morgan fingerprint density at radius 3 is 1.85 bits per heavy atom. The summed E-state index contributed by atoms with van der Waals surface area (Å²) in [6, 6.07) is -4.23. The third kappa shape index (κ3) is 5.17. The van der Waals surface area contributed by atoms with E-state index in [0.717, 1.165) is 0 Å². The van der Waals surface area contributed by atoms with Crippen LogP contribution in [0.3, 0.4) is 0 Å². The summed E-state index contributed by atoms with van der Waals surface area (Å²) in [6.45, 7) is 0. The molecule has 0 saturated carbocycles. The minimum absolute atomic E-state index is 0.0562. The number of anilines is 3. The Morgan fingerprint density at radius 1 is 0.462 bits per heavy atom. The molecule has 0 spiro atoms. The summed E-state index contributed by atoms with van der Waals surface area (Å²) in [5.41, 5.74) is -3.81. The molecular weight excluding hydrogens is 635 g/mol. The quantitative estimate of drug-likeness (QED) is 0.174. The average Bonchev–Trinajstić information content (AvgIpc) is 3.82. The van der Waals surface area contributed by atoms with E-state index in [1.807, 2.05) is 0 Å². The maximum absolute atomic E-state index is 10.1. The van der Waals surface area contributed by atoms with E-state index in [0.29, 0.717) is 21.5 Å². The van der Waals surface area contributed by atoms with E-state index < -0.39 is 183 Å². The second kappa shape index (κ2) is 12.4. The molecule has 0 bridgehead atoms. The van der Waals surface area contributed by atoms with Gasteiger partial charge in [-0.1, -0.05) is 115 Å². The number of hydrogen-bond donors (Lipinski definition) is 0. The van der Waals surface area contributed by atoms with Crippen molar-refractivity contribution in [1.82, 2.24) is 9.97 Å². The minimum atomic E-state index is -1.08. The average molecular weight is 688 g/mol. The van der Waals surface area contributed by atoms with E-state index in [2.05, 4.69) is 0 Å². The normalized spacial score (nSPS) is 17.4. The van der Waals surface area contributed by atoms with Gasteiger partial charge in [-0.05, 0) is 94.5 Å². The molecule has 0 atom stereocenters. The summed E-state index contributed by atoms with van der Waals surface area (Å²) in [4.78, 5) is 10.3. The molecule has 0 aliphatic heterocycles. The van der Waals surface area contributed by atoms with Crippen molar-refractivity contribution in [1.29, 1.82) is 0 Å². The van der Waals surface area contributed by atoms with E-state index in [9.17, 15) is 11.0 Å². The fraction of sp³-hybridized carbons (Fsp3) is 0. The van der Waals surface area contributed by atoms with E-state index in [4.69, 9.17) is 33.6 Å². The number of para-hydroxylation sites is 5. The van der Waals surface area contributed by atoms with Crippen LogP contribution >= 0.6 is 0 Å². The Morgan fingerprint density at radius 2 is 1.10 bits per heavy atom. The van der Waals surface area contributed by atoms with Gasteiger partial charge in [-0.2, -0.15) is 0 Å². The molecular formula is C48H31N3O. The highest BCUT2D eigenvalue weighted by atomic mass is 16.3. The molecule has 0 fully saturated rings. The first-order chi connectivity index (χ1) is 35.0. The summed E-state index contributed by atoms with van der Waals surface area (Å²) < 4.78 is 204. The summed E-state index contributed by atoms with van der Waals surface area (Å²) in [5.74, 6) is 0. The molecule has 4 nitrogen and oxygen atoms in total. The van der Waals surface area contributed by atoms with Gasteiger partial charge >= 0.3 is 0 Å². The van der Waals surface area contributed by atoms with E-state index in [-0.39, 0.29) is 27.7 Å². The van der Waals surface area contributed by atoms with Gasteiger partial charge in [-0.25, -0.2) is 9.97 Å². The molecule has 0 radical (unpaired) electrons. The summed E-state index contributed by atoms with van der Waals surface area (Å²) in [5, 5.41) is -1.84. The predicted octanol–water partition coefficient (Wildman–Crippen LogP) is 13.2. The Labute approximate surface area is 331 Å². The van der Waals surface area contributed by atoms with Gasteiger partial charge in [0.05, 0.1) is 52.6 Å². The fourth-order valence-electron chi connectivity index (χ4n) is 5.90. The molecule has 0 aliphatic rings. The molecule has 8 aromatic carbocycles. The van der Waals surface area contributed by atoms with Crippen LogP contribution in [0, 0.1) is 0 Å². The first-order valence-electron chi connectivity index (χ1n) is 26.7. The van der Waals surface area contributed by atoms with Gasteiger partial charge in [0.1, 0.15) is 11.2 Å². The topological polar surface area (TPSA) is 42.2 Å². The zero-order valence-corrected chi connectivity index (χ0v) is 26.4. The molecule has 10 rings (SSSR count). The van der Waals surface area contributed by atoms with Gasteiger partial charge in [0, 0.05) is 39.0 Å². The largest absolute Gasteiger partial charge is 0.456 e. The van der Waals surface area contributed by atoms with Crippen LogP contribution in [0.4, 0.5) is 17.1 Å². The maximum Gasteiger partial charge on any atom is 0.136 e. The Hall–Kier alpha value is -7.04.